The van der Waals surface area contributed by atoms with Gasteiger partial charge in [-0.15, -0.1) is 0 Å². The SMILES string of the molecule is C=C1CCC23CC[C@@H](C(=O)N(C)c4ccccc4)[C@@]2(C)C=C[C@]13C. The zero-order valence-electron chi connectivity index (χ0n) is 15.0. The Morgan fingerprint density at radius 2 is 1.88 bits per heavy atom. The molecular formula is C22H27NO. The second-order valence-corrected chi connectivity index (χ2v) is 8.33. The highest BCUT2D eigenvalue weighted by Crippen LogP contribution is 2.76. The van der Waals surface area contributed by atoms with Gasteiger partial charge in [-0.25, -0.2) is 0 Å². The monoisotopic (exact) mass is 321 g/mol. The summed E-state index contributed by atoms with van der Waals surface area (Å²) in [5.74, 6) is 0.318. The molecule has 2 nitrogen and oxygen atoms in total. The lowest BCUT2D eigenvalue weighted by Gasteiger charge is -2.46. The number of para-hydroxylation sites is 1. The van der Waals surface area contributed by atoms with Gasteiger partial charge in [0.1, 0.15) is 0 Å². The van der Waals surface area contributed by atoms with E-state index < -0.39 is 0 Å². The molecule has 0 aromatic heterocycles. The maximum atomic E-state index is 13.3. The average Bonchev–Trinajstić information content (AvgIpc) is 3.12. The Hall–Kier alpha value is -1.83. The molecule has 2 fully saturated rings. The van der Waals surface area contributed by atoms with Crippen LogP contribution in [0.2, 0.25) is 0 Å². The quantitative estimate of drug-likeness (QED) is 0.704. The molecule has 0 aliphatic heterocycles. The molecule has 24 heavy (non-hydrogen) atoms. The van der Waals surface area contributed by atoms with Gasteiger partial charge in [0, 0.05) is 29.5 Å². The molecule has 2 saturated carbocycles. The van der Waals surface area contributed by atoms with Gasteiger partial charge in [0.25, 0.3) is 0 Å². The fraction of sp³-hybridized carbons (Fsp3) is 0.500. The molecule has 1 spiro atoms. The Labute approximate surface area is 145 Å². The van der Waals surface area contributed by atoms with Crippen molar-refractivity contribution in [3.8, 4) is 0 Å². The van der Waals surface area contributed by atoms with Crippen molar-refractivity contribution >= 4 is 11.6 Å². The topological polar surface area (TPSA) is 20.3 Å². The highest BCUT2D eigenvalue weighted by molar-refractivity contribution is 5.95. The van der Waals surface area contributed by atoms with Crippen LogP contribution in [0, 0.1) is 22.2 Å². The van der Waals surface area contributed by atoms with Gasteiger partial charge in [0.2, 0.25) is 5.91 Å². The molecule has 126 valence electrons. The molecule has 0 saturated heterocycles. The summed E-state index contributed by atoms with van der Waals surface area (Å²) in [6, 6.07) is 9.99. The summed E-state index contributed by atoms with van der Waals surface area (Å²) in [5.41, 5.74) is 2.54. The lowest BCUT2D eigenvalue weighted by molar-refractivity contribution is -0.125. The minimum atomic E-state index is -0.0543. The molecule has 1 aromatic rings. The third-order valence-electron chi connectivity index (χ3n) is 7.73. The summed E-state index contributed by atoms with van der Waals surface area (Å²) in [4.78, 5) is 15.2. The standard InChI is InChI=1S/C22H27NO/c1-16-10-12-22-13-11-18(21(22,3)15-14-20(16,22)2)19(24)23(4)17-8-6-5-7-9-17/h5-9,14-15,18H,1,10-13H2,2-4H3/t18-,20+,21+,22?/m0/s1. The summed E-state index contributed by atoms with van der Waals surface area (Å²) in [7, 11) is 1.91. The summed E-state index contributed by atoms with van der Waals surface area (Å²) >= 11 is 0. The van der Waals surface area contributed by atoms with E-state index in [9.17, 15) is 4.79 Å². The van der Waals surface area contributed by atoms with Crippen molar-refractivity contribution < 1.29 is 4.79 Å². The number of carbonyl (C=O) groups is 1. The number of anilines is 1. The first-order valence-corrected chi connectivity index (χ1v) is 9.07. The second kappa shape index (κ2) is 4.84. The Balaban J connectivity index is 1.69. The van der Waals surface area contributed by atoms with Crippen LogP contribution in [0.1, 0.15) is 39.5 Å². The molecule has 0 heterocycles. The minimum absolute atomic E-state index is 0.0543. The van der Waals surface area contributed by atoms with Gasteiger partial charge in [-0.3, -0.25) is 4.79 Å². The molecule has 3 aliphatic rings. The molecule has 2 heteroatoms. The molecule has 3 aliphatic carbocycles. The summed E-state index contributed by atoms with van der Waals surface area (Å²) in [6.07, 6.45) is 9.11. The van der Waals surface area contributed by atoms with Gasteiger partial charge < -0.3 is 4.90 Å². The third-order valence-corrected chi connectivity index (χ3v) is 7.73. The highest BCUT2D eigenvalue weighted by atomic mass is 16.2. The van der Waals surface area contributed by atoms with Crippen molar-refractivity contribution in [3.05, 3.63) is 54.6 Å². The van der Waals surface area contributed by atoms with E-state index in [1.165, 1.54) is 12.0 Å². The highest BCUT2D eigenvalue weighted by Gasteiger charge is 2.70. The van der Waals surface area contributed by atoms with E-state index >= 15 is 0 Å². The van der Waals surface area contributed by atoms with Crippen LogP contribution in [-0.4, -0.2) is 13.0 Å². The van der Waals surface area contributed by atoms with Gasteiger partial charge in [-0.05, 0) is 43.2 Å². The van der Waals surface area contributed by atoms with Gasteiger partial charge in [-0.1, -0.05) is 56.4 Å². The second-order valence-electron chi connectivity index (χ2n) is 8.33. The number of hydrogen-bond acceptors (Lipinski definition) is 1. The van der Waals surface area contributed by atoms with E-state index in [1.54, 1.807) is 0 Å². The van der Waals surface area contributed by atoms with E-state index in [-0.39, 0.29) is 28.1 Å². The first-order valence-electron chi connectivity index (χ1n) is 9.07. The van der Waals surface area contributed by atoms with E-state index in [4.69, 9.17) is 0 Å². The van der Waals surface area contributed by atoms with Gasteiger partial charge >= 0.3 is 0 Å². The van der Waals surface area contributed by atoms with Crippen LogP contribution in [0.5, 0.6) is 0 Å². The van der Waals surface area contributed by atoms with E-state index in [0.29, 0.717) is 0 Å². The smallest absolute Gasteiger partial charge is 0.230 e. The maximum absolute atomic E-state index is 13.3. The van der Waals surface area contributed by atoms with E-state index in [2.05, 4.69) is 32.6 Å². The number of amides is 1. The minimum Gasteiger partial charge on any atom is -0.315 e. The molecule has 0 radical (unpaired) electrons. The van der Waals surface area contributed by atoms with Crippen molar-refractivity contribution in [1.82, 2.24) is 0 Å². The first-order chi connectivity index (χ1) is 11.4. The van der Waals surface area contributed by atoms with Crippen LogP contribution in [-0.2, 0) is 4.79 Å². The lowest BCUT2D eigenvalue weighted by Crippen LogP contribution is -2.45. The molecule has 1 unspecified atom stereocenters. The first kappa shape index (κ1) is 15.7. The molecule has 0 bridgehead atoms. The molecule has 1 amide bonds. The van der Waals surface area contributed by atoms with Crippen LogP contribution in [0.25, 0.3) is 0 Å². The fourth-order valence-electron chi connectivity index (χ4n) is 6.01. The Kier molecular flexibility index (Phi) is 3.16. The van der Waals surface area contributed by atoms with Crippen LogP contribution in [0.4, 0.5) is 5.69 Å². The number of carbonyl (C=O) groups excluding carboxylic acids is 1. The number of nitrogens with zero attached hydrogens (tertiary/aromatic N) is 1. The number of rotatable bonds is 2. The van der Waals surface area contributed by atoms with Crippen LogP contribution >= 0.6 is 0 Å². The number of hydrogen-bond donors (Lipinski definition) is 0. The zero-order valence-corrected chi connectivity index (χ0v) is 15.0. The van der Waals surface area contributed by atoms with Crippen LogP contribution in [0.15, 0.2) is 54.6 Å². The largest absolute Gasteiger partial charge is 0.315 e. The summed E-state index contributed by atoms with van der Waals surface area (Å²) < 4.78 is 0. The van der Waals surface area contributed by atoms with Crippen LogP contribution in [0.3, 0.4) is 0 Å². The summed E-state index contributed by atoms with van der Waals surface area (Å²) in [6.45, 7) is 9.03. The number of benzene rings is 1. The lowest BCUT2D eigenvalue weighted by atomic mass is 9.57. The van der Waals surface area contributed by atoms with Gasteiger partial charge in [-0.2, -0.15) is 0 Å². The van der Waals surface area contributed by atoms with Crippen molar-refractivity contribution in [2.75, 3.05) is 11.9 Å². The van der Waals surface area contributed by atoms with Gasteiger partial charge in [0.15, 0.2) is 0 Å². The molecular weight excluding hydrogens is 294 g/mol. The molecule has 4 rings (SSSR count). The van der Waals surface area contributed by atoms with Crippen LogP contribution < -0.4 is 4.90 Å². The van der Waals surface area contributed by atoms with Gasteiger partial charge in [0.05, 0.1) is 0 Å². The molecule has 0 N–H and O–H groups in total. The molecule has 1 aromatic carbocycles. The Bertz CT molecular complexity index is 736. The maximum Gasteiger partial charge on any atom is 0.230 e. The zero-order chi connectivity index (χ0) is 17.2. The number of allylic oxidation sites excluding steroid dienone is 3. The van der Waals surface area contributed by atoms with Crippen molar-refractivity contribution in [2.45, 2.75) is 39.5 Å². The van der Waals surface area contributed by atoms with Crippen molar-refractivity contribution in [3.63, 3.8) is 0 Å². The van der Waals surface area contributed by atoms with Crippen molar-refractivity contribution in [1.29, 1.82) is 0 Å². The normalized spacial score (nSPS) is 39.8. The predicted molar refractivity (Wildman–Crippen MR) is 98.7 cm³/mol. The summed E-state index contributed by atoms with van der Waals surface area (Å²) in [5, 5.41) is 0. The fourth-order valence-corrected chi connectivity index (χ4v) is 6.01. The third kappa shape index (κ3) is 1.64. The predicted octanol–water partition coefficient (Wildman–Crippen LogP) is 4.98. The Morgan fingerprint density at radius 1 is 1.17 bits per heavy atom. The van der Waals surface area contributed by atoms with E-state index in [0.717, 1.165) is 24.9 Å². The van der Waals surface area contributed by atoms with Crippen molar-refractivity contribution in [2.24, 2.45) is 22.2 Å². The van der Waals surface area contributed by atoms with E-state index in [1.807, 2.05) is 42.3 Å². The Morgan fingerprint density at radius 3 is 2.58 bits per heavy atom. The molecule has 4 atom stereocenters. The average molecular weight is 321 g/mol.